The van der Waals surface area contributed by atoms with Crippen LogP contribution in [0.15, 0.2) is 60.7 Å². The van der Waals surface area contributed by atoms with Gasteiger partial charge < -0.3 is 5.32 Å². The summed E-state index contributed by atoms with van der Waals surface area (Å²) in [5.74, 6) is -0.308. The minimum atomic E-state index is -0.159. The van der Waals surface area contributed by atoms with E-state index < -0.39 is 0 Å². The molecule has 4 nitrogen and oxygen atoms in total. The number of nitrogens with zero attached hydrogens (tertiary/aromatic N) is 1. The maximum atomic E-state index is 13.3. The molecule has 27 heavy (non-hydrogen) atoms. The number of ketones is 2. The maximum absolute atomic E-state index is 13.3. The number of rotatable bonds is 3. The summed E-state index contributed by atoms with van der Waals surface area (Å²) in [6.07, 6.45) is 0. The smallest absolute Gasteiger partial charge is 0.222 e. The van der Waals surface area contributed by atoms with Crippen molar-refractivity contribution in [1.82, 2.24) is 4.58 Å². The van der Waals surface area contributed by atoms with Crippen LogP contribution in [-0.2, 0) is 0 Å². The Kier molecular flexibility index (Phi) is 3.96. The molecule has 3 aromatic carbocycles. The van der Waals surface area contributed by atoms with Gasteiger partial charge in [-0.25, -0.2) is 0 Å². The van der Waals surface area contributed by atoms with E-state index in [0.717, 1.165) is 11.3 Å². The van der Waals surface area contributed by atoms with Crippen molar-refractivity contribution < 1.29 is 9.59 Å². The molecular formula is C23H19N2O2+. The SMILES string of the molecule is C=[N+](c1cccc(C)c1)c1ccc(NC)c2c1C(=O)c1ccccc1C2=O. The molecule has 1 N–H and O–H groups in total. The van der Waals surface area contributed by atoms with E-state index in [0.29, 0.717) is 33.6 Å². The topological polar surface area (TPSA) is 49.2 Å². The molecule has 0 unspecified atom stereocenters. The van der Waals surface area contributed by atoms with Gasteiger partial charge in [0.1, 0.15) is 12.3 Å². The summed E-state index contributed by atoms with van der Waals surface area (Å²) in [6.45, 7) is 6.15. The van der Waals surface area contributed by atoms with Gasteiger partial charge in [-0.3, -0.25) is 9.59 Å². The summed E-state index contributed by atoms with van der Waals surface area (Å²) in [5, 5.41) is 3.04. The second-order valence-electron chi connectivity index (χ2n) is 6.60. The van der Waals surface area contributed by atoms with E-state index in [1.165, 1.54) is 0 Å². The fourth-order valence-electron chi connectivity index (χ4n) is 3.57. The minimum Gasteiger partial charge on any atom is -0.387 e. The lowest BCUT2D eigenvalue weighted by Gasteiger charge is -2.21. The fourth-order valence-corrected chi connectivity index (χ4v) is 3.57. The molecule has 0 radical (unpaired) electrons. The van der Waals surface area contributed by atoms with E-state index >= 15 is 0 Å². The zero-order valence-corrected chi connectivity index (χ0v) is 15.2. The van der Waals surface area contributed by atoms with Crippen molar-refractivity contribution in [3.05, 3.63) is 88.5 Å². The number of hydrogen-bond donors (Lipinski definition) is 1. The zero-order valence-electron chi connectivity index (χ0n) is 15.2. The summed E-state index contributed by atoms with van der Waals surface area (Å²) < 4.78 is 1.71. The van der Waals surface area contributed by atoms with Gasteiger partial charge in [-0.1, -0.05) is 36.4 Å². The van der Waals surface area contributed by atoms with E-state index in [-0.39, 0.29) is 11.6 Å². The fraction of sp³-hybridized carbons (Fsp3) is 0.0870. The first-order valence-corrected chi connectivity index (χ1v) is 8.73. The highest BCUT2D eigenvalue weighted by Crippen LogP contribution is 2.38. The molecule has 0 aromatic heterocycles. The molecule has 132 valence electrons. The average molecular weight is 355 g/mol. The van der Waals surface area contributed by atoms with Crippen molar-refractivity contribution in [3.8, 4) is 0 Å². The van der Waals surface area contributed by atoms with E-state index in [1.807, 2.05) is 43.3 Å². The van der Waals surface area contributed by atoms with Crippen molar-refractivity contribution in [3.63, 3.8) is 0 Å². The highest BCUT2D eigenvalue weighted by atomic mass is 16.1. The normalized spacial score (nSPS) is 12.4. The number of fused-ring (bicyclic) bond motifs is 2. The molecule has 0 aliphatic heterocycles. The second kappa shape index (κ2) is 6.32. The molecule has 3 aromatic rings. The molecule has 0 atom stereocenters. The molecule has 0 fully saturated rings. The largest absolute Gasteiger partial charge is 0.387 e. The standard InChI is InChI=1S/C23H18N2O2/c1-14-7-6-8-15(13-14)25(3)19-12-11-18(24-2)20-21(19)23(27)17-10-5-4-9-16(17)22(20)26/h4-13H,3H2,1-2H3/p+1. The van der Waals surface area contributed by atoms with Gasteiger partial charge in [0.05, 0.1) is 5.56 Å². The van der Waals surface area contributed by atoms with Crippen molar-refractivity contribution >= 4 is 35.3 Å². The van der Waals surface area contributed by atoms with Gasteiger partial charge in [-0.2, -0.15) is 4.58 Å². The Bertz CT molecular complexity index is 1130. The van der Waals surface area contributed by atoms with Crippen molar-refractivity contribution in [2.75, 3.05) is 12.4 Å². The van der Waals surface area contributed by atoms with Crippen LogP contribution in [0.4, 0.5) is 17.1 Å². The number of nitrogens with one attached hydrogen (secondary N) is 1. The number of benzene rings is 3. The van der Waals surface area contributed by atoms with Gasteiger partial charge in [0.15, 0.2) is 5.78 Å². The lowest BCUT2D eigenvalue weighted by molar-refractivity contribution is 0.0980. The highest BCUT2D eigenvalue weighted by molar-refractivity contribution is 6.31. The third-order valence-corrected chi connectivity index (χ3v) is 4.93. The molecular weight excluding hydrogens is 336 g/mol. The summed E-state index contributed by atoms with van der Waals surface area (Å²) >= 11 is 0. The molecule has 0 saturated carbocycles. The number of aryl methyl sites for hydroxylation is 1. The van der Waals surface area contributed by atoms with Crippen LogP contribution in [0.25, 0.3) is 0 Å². The maximum Gasteiger partial charge on any atom is 0.222 e. The summed E-state index contributed by atoms with van der Waals surface area (Å²) in [7, 11) is 1.75. The van der Waals surface area contributed by atoms with Gasteiger partial charge in [-0.05, 0) is 18.6 Å². The third-order valence-electron chi connectivity index (χ3n) is 4.93. The van der Waals surface area contributed by atoms with E-state index in [9.17, 15) is 9.59 Å². The Hall–Kier alpha value is -3.53. The van der Waals surface area contributed by atoms with Crippen LogP contribution < -0.4 is 9.89 Å². The molecule has 4 heteroatoms. The number of hydrogen-bond acceptors (Lipinski definition) is 3. The van der Waals surface area contributed by atoms with Crippen LogP contribution >= 0.6 is 0 Å². The Balaban J connectivity index is 1.98. The van der Waals surface area contributed by atoms with Gasteiger partial charge in [-0.15, -0.1) is 0 Å². The quantitative estimate of drug-likeness (QED) is 0.439. The molecule has 0 spiro atoms. The van der Waals surface area contributed by atoms with Crippen LogP contribution in [0.5, 0.6) is 0 Å². The molecule has 1 aliphatic rings. The summed E-state index contributed by atoms with van der Waals surface area (Å²) in [5.41, 5.74) is 4.86. The van der Waals surface area contributed by atoms with Gasteiger partial charge >= 0.3 is 0 Å². The summed E-state index contributed by atoms with van der Waals surface area (Å²) in [6, 6.07) is 18.5. The Morgan fingerprint density at radius 3 is 2.15 bits per heavy atom. The predicted octanol–water partition coefficient (Wildman–Crippen LogP) is 4.35. The molecule has 1 aliphatic carbocycles. The van der Waals surface area contributed by atoms with Crippen LogP contribution in [0.1, 0.15) is 37.4 Å². The van der Waals surface area contributed by atoms with Crippen molar-refractivity contribution in [2.24, 2.45) is 0 Å². The zero-order chi connectivity index (χ0) is 19.1. The molecule has 0 amide bonds. The number of carbonyl (C=O) groups is 2. The molecule has 0 saturated heterocycles. The monoisotopic (exact) mass is 355 g/mol. The van der Waals surface area contributed by atoms with Crippen LogP contribution in [0.2, 0.25) is 0 Å². The minimum absolute atomic E-state index is 0.149. The third kappa shape index (κ3) is 2.57. The first-order chi connectivity index (χ1) is 13.0. The number of anilines is 1. The van der Waals surface area contributed by atoms with Crippen LogP contribution in [0, 0.1) is 6.92 Å². The van der Waals surface area contributed by atoms with Crippen molar-refractivity contribution in [2.45, 2.75) is 6.92 Å². The van der Waals surface area contributed by atoms with Gasteiger partial charge in [0.25, 0.3) is 0 Å². The molecule has 4 rings (SSSR count). The summed E-state index contributed by atoms with van der Waals surface area (Å²) in [4.78, 5) is 26.5. The molecule has 0 bridgehead atoms. The second-order valence-corrected chi connectivity index (χ2v) is 6.60. The van der Waals surface area contributed by atoms with Gasteiger partial charge in [0.2, 0.25) is 17.2 Å². The number of carbonyl (C=O) groups excluding carboxylic acids is 2. The van der Waals surface area contributed by atoms with Crippen LogP contribution in [0.3, 0.4) is 0 Å². The van der Waals surface area contributed by atoms with E-state index in [4.69, 9.17) is 0 Å². The lowest BCUT2D eigenvalue weighted by atomic mass is 9.82. The Morgan fingerprint density at radius 1 is 0.852 bits per heavy atom. The lowest BCUT2D eigenvalue weighted by Crippen LogP contribution is -2.24. The van der Waals surface area contributed by atoms with Gasteiger partial charge in [0, 0.05) is 42.1 Å². The van der Waals surface area contributed by atoms with E-state index in [2.05, 4.69) is 12.0 Å². The first-order valence-electron chi connectivity index (χ1n) is 8.73. The highest BCUT2D eigenvalue weighted by Gasteiger charge is 2.36. The Morgan fingerprint density at radius 2 is 1.52 bits per heavy atom. The molecule has 0 heterocycles. The average Bonchev–Trinajstić information content (AvgIpc) is 2.70. The van der Waals surface area contributed by atoms with E-state index in [1.54, 1.807) is 35.9 Å². The predicted molar refractivity (Wildman–Crippen MR) is 109 cm³/mol. The first kappa shape index (κ1) is 16.9. The Labute approximate surface area is 157 Å². The van der Waals surface area contributed by atoms with Crippen molar-refractivity contribution in [1.29, 1.82) is 0 Å². The van der Waals surface area contributed by atoms with Crippen LogP contribution in [-0.4, -0.2) is 25.3 Å².